The first-order valence-corrected chi connectivity index (χ1v) is 4.41. The van der Waals surface area contributed by atoms with Gasteiger partial charge < -0.3 is 15.8 Å². The van der Waals surface area contributed by atoms with E-state index in [0.717, 1.165) is 32.5 Å². The third-order valence-corrected chi connectivity index (χ3v) is 2.07. The molecule has 66 valence electrons. The van der Waals surface area contributed by atoms with Gasteiger partial charge in [-0.1, -0.05) is 0 Å². The maximum Gasteiger partial charge on any atom is 0.0604 e. The van der Waals surface area contributed by atoms with Crippen molar-refractivity contribution in [3.8, 4) is 0 Å². The molecular weight excluding hydrogens is 140 g/mol. The van der Waals surface area contributed by atoms with Crippen LogP contribution < -0.4 is 11.1 Å². The van der Waals surface area contributed by atoms with Crippen LogP contribution in [0.2, 0.25) is 0 Å². The van der Waals surface area contributed by atoms with E-state index in [1.54, 1.807) is 0 Å². The molecule has 3 heteroatoms. The second-order valence-corrected chi connectivity index (χ2v) is 2.99. The Morgan fingerprint density at radius 1 is 1.55 bits per heavy atom. The van der Waals surface area contributed by atoms with Crippen LogP contribution in [0.1, 0.15) is 19.8 Å². The van der Waals surface area contributed by atoms with Gasteiger partial charge in [0, 0.05) is 25.7 Å². The van der Waals surface area contributed by atoms with Crippen molar-refractivity contribution in [2.75, 3.05) is 19.7 Å². The van der Waals surface area contributed by atoms with Crippen LogP contribution in [-0.4, -0.2) is 31.8 Å². The van der Waals surface area contributed by atoms with Gasteiger partial charge in [-0.25, -0.2) is 0 Å². The van der Waals surface area contributed by atoms with E-state index in [1.807, 2.05) is 6.92 Å². The van der Waals surface area contributed by atoms with Gasteiger partial charge >= 0.3 is 0 Å². The minimum atomic E-state index is 0.510. The molecule has 0 spiro atoms. The predicted molar refractivity (Wildman–Crippen MR) is 45.5 cm³/mol. The molecule has 0 aliphatic heterocycles. The fourth-order valence-corrected chi connectivity index (χ4v) is 1.39. The first-order valence-electron chi connectivity index (χ1n) is 4.41. The Morgan fingerprint density at radius 3 is 2.82 bits per heavy atom. The standard InChI is InChI=1S/C8H18N2O/c1-2-11-8-5-7(6-8)10-4-3-9/h7-8,10H,2-6,9H2,1H3. The fraction of sp³-hybridized carbons (Fsp3) is 1.00. The van der Waals surface area contributed by atoms with Crippen molar-refractivity contribution in [2.24, 2.45) is 5.73 Å². The molecule has 0 atom stereocenters. The molecule has 0 radical (unpaired) electrons. The number of hydrogen-bond acceptors (Lipinski definition) is 3. The summed E-state index contributed by atoms with van der Waals surface area (Å²) in [7, 11) is 0. The Labute approximate surface area is 68.3 Å². The van der Waals surface area contributed by atoms with E-state index < -0.39 is 0 Å². The second kappa shape index (κ2) is 4.70. The lowest BCUT2D eigenvalue weighted by Crippen LogP contribution is -2.46. The zero-order valence-corrected chi connectivity index (χ0v) is 7.18. The number of hydrogen-bond donors (Lipinski definition) is 2. The predicted octanol–water partition coefficient (Wildman–Crippen LogP) is 0.102. The van der Waals surface area contributed by atoms with Gasteiger partial charge in [-0.15, -0.1) is 0 Å². The highest BCUT2D eigenvalue weighted by Crippen LogP contribution is 2.22. The second-order valence-electron chi connectivity index (χ2n) is 2.99. The lowest BCUT2D eigenvalue weighted by atomic mass is 9.89. The molecule has 0 aromatic heterocycles. The van der Waals surface area contributed by atoms with Gasteiger partial charge in [0.15, 0.2) is 0 Å². The summed E-state index contributed by atoms with van der Waals surface area (Å²) >= 11 is 0. The molecule has 1 fully saturated rings. The summed E-state index contributed by atoms with van der Waals surface area (Å²) < 4.78 is 5.42. The van der Waals surface area contributed by atoms with Crippen LogP contribution >= 0.6 is 0 Å². The molecule has 1 aliphatic rings. The van der Waals surface area contributed by atoms with Gasteiger partial charge in [-0.05, 0) is 19.8 Å². The van der Waals surface area contributed by atoms with E-state index in [1.165, 1.54) is 0 Å². The molecule has 3 N–H and O–H groups in total. The van der Waals surface area contributed by atoms with Gasteiger partial charge in [0.05, 0.1) is 6.10 Å². The molecule has 1 aliphatic carbocycles. The SMILES string of the molecule is CCOC1CC(NCCN)C1. The van der Waals surface area contributed by atoms with Crippen molar-refractivity contribution in [1.82, 2.24) is 5.32 Å². The van der Waals surface area contributed by atoms with E-state index in [2.05, 4.69) is 5.32 Å². The normalized spacial score (nSPS) is 30.0. The monoisotopic (exact) mass is 158 g/mol. The van der Waals surface area contributed by atoms with Crippen molar-refractivity contribution < 1.29 is 4.74 Å². The van der Waals surface area contributed by atoms with Crippen molar-refractivity contribution in [3.05, 3.63) is 0 Å². The van der Waals surface area contributed by atoms with Crippen LogP contribution in [0.5, 0.6) is 0 Å². The van der Waals surface area contributed by atoms with Gasteiger partial charge in [0.25, 0.3) is 0 Å². The quantitative estimate of drug-likeness (QED) is 0.596. The smallest absolute Gasteiger partial charge is 0.0604 e. The van der Waals surface area contributed by atoms with Gasteiger partial charge in [0.2, 0.25) is 0 Å². The summed E-state index contributed by atoms with van der Waals surface area (Å²) in [4.78, 5) is 0. The summed E-state index contributed by atoms with van der Waals surface area (Å²) in [6, 6.07) is 0.662. The number of rotatable bonds is 5. The van der Waals surface area contributed by atoms with Crippen LogP contribution in [0.4, 0.5) is 0 Å². The highest BCUT2D eigenvalue weighted by Gasteiger charge is 2.28. The van der Waals surface area contributed by atoms with Gasteiger partial charge in [-0.3, -0.25) is 0 Å². The zero-order chi connectivity index (χ0) is 8.10. The van der Waals surface area contributed by atoms with Gasteiger partial charge in [0.1, 0.15) is 0 Å². The molecule has 0 amide bonds. The van der Waals surface area contributed by atoms with Crippen molar-refractivity contribution in [2.45, 2.75) is 31.9 Å². The molecule has 0 bridgehead atoms. The molecular formula is C8H18N2O. The largest absolute Gasteiger partial charge is 0.378 e. The first-order chi connectivity index (χ1) is 5.36. The number of ether oxygens (including phenoxy) is 1. The van der Waals surface area contributed by atoms with Crippen molar-refractivity contribution in [3.63, 3.8) is 0 Å². The summed E-state index contributed by atoms with van der Waals surface area (Å²) in [5, 5.41) is 3.35. The lowest BCUT2D eigenvalue weighted by Gasteiger charge is -2.35. The third kappa shape index (κ3) is 2.77. The maximum absolute atomic E-state index is 5.42. The van der Waals surface area contributed by atoms with E-state index >= 15 is 0 Å². The van der Waals surface area contributed by atoms with E-state index in [9.17, 15) is 0 Å². The van der Waals surface area contributed by atoms with Crippen molar-refractivity contribution >= 4 is 0 Å². The van der Waals surface area contributed by atoms with Crippen molar-refractivity contribution in [1.29, 1.82) is 0 Å². The Morgan fingerprint density at radius 2 is 2.27 bits per heavy atom. The zero-order valence-electron chi connectivity index (χ0n) is 7.18. The minimum Gasteiger partial charge on any atom is -0.378 e. The Balaban J connectivity index is 1.92. The topological polar surface area (TPSA) is 47.3 Å². The van der Waals surface area contributed by atoms with Gasteiger partial charge in [-0.2, -0.15) is 0 Å². The Bertz CT molecular complexity index is 102. The molecule has 0 unspecified atom stereocenters. The van der Waals surface area contributed by atoms with E-state index in [0.29, 0.717) is 12.1 Å². The minimum absolute atomic E-state index is 0.510. The van der Waals surface area contributed by atoms with Crippen LogP contribution in [-0.2, 0) is 4.74 Å². The first kappa shape index (κ1) is 8.97. The summed E-state index contributed by atoms with van der Waals surface area (Å²) in [6.45, 7) is 4.55. The molecule has 1 saturated carbocycles. The van der Waals surface area contributed by atoms with Crippen LogP contribution in [0, 0.1) is 0 Å². The summed E-state index contributed by atoms with van der Waals surface area (Å²) in [5.41, 5.74) is 5.36. The van der Waals surface area contributed by atoms with Crippen LogP contribution in [0.25, 0.3) is 0 Å². The highest BCUT2D eigenvalue weighted by atomic mass is 16.5. The molecule has 0 aromatic rings. The average molecular weight is 158 g/mol. The van der Waals surface area contributed by atoms with E-state index in [-0.39, 0.29) is 0 Å². The summed E-state index contributed by atoms with van der Waals surface area (Å²) in [6.07, 6.45) is 2.83. The van der Waals surface area contributed by atoms with Crippen LogP contribution in [0.3, 0.4) is 0 Å². The van der Waals surface area contributed by atoms with Crippen LogP contribution in [0.15, 0.2) is 0 Å². The maximum atomic E-state index is 5.42. The molecule has 0 heterocycles. The average Bonchev–Trinajstić information content (AvgIpc) is 1.94. The molecule has 3 nitrogen and oxygen atoms in total. The third-order valence-electron chi connectivity index (χ3n) is 2.07. The lowest BCUT2D eigenvalue weighted by molar-refractivity contribution is -0.00949. The molecule has 0 saturated heterocycles. The molecule has 11 heavy (non-hydrogen) atoms. The number of nitrogens with one attached hydrogen (secondary N) is 1. The number of nitrogens with two attached hydrogens (primary N) is 1. The fourth-order valence-electron chi connectivity index (χ4n) is 1.39. The Kier molecular flexibility index (Phi) is 3.83. The molecule has 0 aromatic carbocycles. The van der Waals surface area contributed by atoms with E-state index in [4.69, 9.17) is 10.5 Å². The Hall–Kier alpha value is -0.120. The highest BCUT2D eigenvalue weighted by molar-refractivity contribution is 4.85. The molecule has 1 rings (SSSR count). The summed E-state index contributed by atoms with van der Waals surface area (Å²) in [5.74, 6) is 0.